The van der Waals surface area contributed by atoms with Crippen molar-refractivity contribution in [2.75, 3.05) is 0 Å². The molecule has 0 N–H and O–H groups in total. The minimum Gasteiger partial charge on any atom is -0.337 e. The van der Waals surface area contributed by atoms with Crippen molar-refractivity contribution in [3.8, 4) is 11.4 Å². The molecule has 148 valence electrons. The number of nitro benzene ring substituents is 1. The van der Waals surface area contributed by atoms with Gasteiger partial charge in [-0.2, -0.15) is 4.98 Å². The van der Waals surface area contributed by atoms with E-state index in [9.17, 15) is 19.7 Å². The number of hydrogen-bond acceptors (Lipinski definition) is 8. The van der Waals surface area contributed by atoms with Crippen molar-refractivity contribution in [3.05, 3.63) is 65.8 Å². The Morgan fingerprint density at radius 3 is 2.69 bits per heavy atom. The summed E-state index contributed by atoms with van der Waals surface area (Å²) >= 11 is 3.29. The van der Waals surface area contributed by atoms with Crippen molar-refractivity contribution < 1.29 is 9.45 Å². The lowest BCUT2D eigenvalue weighted by Crippen LogP contribution is -2.37. The highest BCUT2D eigenvalue weighted by Gasteiger charge is 2.20. The second-order valence-electron chi connectivity index (χ2n) is 6.16. The number of rotatable bonds is 4. The number of fused-ring (bicyclic) bond motifs is 1. The molecule has 3 aromatic heterocycles. The molecule has 4 rings (SSSR count). The first-order valence-electron chi connectivity index (χ1n) is 8.17. The number of halogens is 1. The summed E-state index contributed by atoms with van der Waals surface area (Å²) in [5.74, 6) is 0.341. The van der Waals surface area contributed by atoms with E-state index < -0.39 is 16.2 Å². The van der Waals surface area contributed by atoms with Crippen molar-refractivity contribution in [1.29, 1.82) is 0 Å². The lowest BCUT2D eigenvalue weighted by molar-refractivity contribution is -0.384. The van der Waals surface area contributed by atoms with E-state index in [0.717, 1.165) is 4.57 Å². The van der Waals surface area contributed by atoms with Crippen molar-refractivity contribution in [3.63, 3.8) is 0 Å². The Morgan fingerprint density at radius 2 is 1.97 bits per heavy atom. The van der Waals surface area contributed by atoms with Crippen molar-refractivity contribution in [2.45, 2.75) is 6.54 Å². The van der Waals surface area contributed by atoms with Crippen LogP contribution >= 0.6 is 15.9 Å². The maximum Gasteiger partial charge on any atom is 0.332 e. The van der Waals surface area contributed by atoms with Crippen LogP contribution in [0, 0.1) is 10.1 Å². The van der Waals surface area contributed by atoms with Crippen LogP contribution in [-0.2, 0) is 20.6 Å². The first kappa shape index (κ1) is 18.7. The molecule has 0 aliphatic rings. The third-order valence-corrected chi connectivity index (χ3v) is 4.98. The molecule has 0 amide bonds. The highest BCUT2D eigenvalue weighted by atomic mass is 79.9. The zero-order chi connectivity index (χ0) is 20.9. The fourth-order valence-electron chi connectivity index (χ4n) is 2.93. The van der Waals surface area contributed by atoms with Crippen LogP contribution in [0.2, 0.25) is 0 Å². The average Bonchev–Trinajstić information content (AvgIpc) is 3.30. The quantitative estimate of drug-likeness (QED) is 0.250. The zero-order valence-corrected chi connectivity index (χ0v) is 16.7. The highest BCUT2D eigenvalue weighted by Crippen LogP contribution is 2.23. The van der Waals surface area contributed by atoms with Gasteiger partial charge in [-0.1, -0.05) is 17.3 Å². The molecule has 0 spiro atoms. The van der Waals surface area contributed by atoms with Gasteiger partial charge in [-0.15, -0.1) is 0 Å². The van der Waals surface area contributed by atoms with Gasteiger partial charge in [-0.05, 0) is 15.9 Å². The minimum atomic E-state index is -0.523. The van der Waals surface area contributed by atoms with Gasteiger partial charge in [0.2, 0.25) is 11.7 Å². The van der Waals surface area contributed by atoms with Gasteiger partial charge in [-0.25, -0.2) is 9.78 Å². The summed E-state index contributed by atoms with van der Waals surface area (Å²) in [4.78, 5) is 43.5. The Labute approximate surface area is 169 Å². The molecule has 1 aromatic carbocycles. The number of imidazole rings is 1. The zero-order valence-electron chi connectivity index (χ0n) is 15.1. The molecule has 0 saturated heterocycles. The van der Waals surface area contributed by atoms with Crippen LogP contribution < -0.4 is 11.2 Å². The van der Waals surface area contributed by atoms with E-state index in [1.807, 2.05) is 0 Å². The van der Waals surface area contributed by atoms with E-state index in [2.05, 4.69) is 31.1 Å². The first-order valence-corrected chi connectivity index (χ1v) is 8.96. The second kappa shape index (κ2) is 6.77. The minimum absolute atomic E-state index is 0.0272. The maximum absolute atomic E-state index is 12.3. The summed E-state index contributed by atoms with van der Waals surface area (Å²) in [5, 5.41) is 14.8. The number of non-ortho nitro benzene ring substituents is 1. The Hall–Kier alpha value is -3.61. The van der Waals surface area contributed by atoms with Gasteiger partial charge in [-0.3, -0.25) is 28.6 Å². The topological polar surface area (TPSA) is 144 Å². The standard InChI is InChI=1S/C16H12BrN7O5/c1-21-13-11(14(25)22(2)16(21)26)19-15(17)23(13)7-10-18-12(20-29-10)8-4-3-5-9(6-8)24(27)28/h3-6H,7H2,1-2H3. The van der Waals surface area contributed by atoms with Gasteiger partial charge in [0.15, 0.2) is 15.9 Å². The van der Waals surface area contributed by atoms with Gasteiger partial charge in [0, 0.05) is 31.8 Å². The fourth-order valence-corrected chi connectivity index (χ4v) is 3.40. The molecule has 0 radical (unpaired) electrons. The molecule has 0 aliphatic carbocycles. The average molecular weight is 462 g/mol. The molecule has 0 unspecified atom stereocenters. The Bertz CT molecular complexity index is 1400. The highest BCUT2D eigenvalue weighted by molar-refractivity contribution is 9.10. The summed E-state index contributed by atoms with van der Waals surface area (Å²) in [5.41, 5.74) is -0.294. The fraction of sp³-hybridized carbons (Fsp3) is 0.188. The van der Waals surface area contributed by atoms with Gasteiger partial charge in [0.05, 0.1) is 4.92 Å². The number of aryl methyl sites for hydroxylation is 1. The number of hydrogen-bond donors (Lipinski definition) is 0. The lowest BCUT2D eigenvalue weighted by atomic mass is 10.2. The SMILES string of the molecule is Cn1c(=O)c2nc(Br)n(Cc3nc(-c4cccc([N+](=O)[O-])c4)no3)c2n(C)c1=O. The smallest absolute Gasteiger partial charge is 0.332 e. The van der Waals surface area contributed by atoms with Crippen LogP contribution in [-0.4, -0.2) is 33.7 Å². The van der Waals surface area contributed by atoms with E-state index >= 15 is 0 Å². The molecular weight excluding hydrogens is 450 g/mol. The molecule has 3 heterocycles. The molecule has 0 fully saturated rings. The van der Waals surface area contributed by atoms with Crippen molar-refractivity contribution in [1.82, 2.24) is 28.8 Å². The maximum atomic E-state index is 12.3. The molecular formula is C16H12BrN7O5. The van der Waals surface area contributed by atoms with Crippen LogP contribution in [0.3, 0.4) is 0 Å². The van der Waals surface area contributed by atoms with Crippen LogP contribution in [0.4, 0.5) is 5.69 Å². The van der Waals surface area contributed by atoms with E-state index in [4.69, 9.17) is 4.52 Å². The summed E-state index contributed by atoms with van der Waals surface area (Å²) in [6, 6.07) is 5.84. The largest absolute Gasteiger partial charge is 0.337 e. The number of nitro groups is 1. The van der Waals surface area contributed by atoms with Crippen LogP contribution in [0.15, 0.2) is 43.1 Å². The molecule has 0 atom stereocenters. The Morgan fingerprint density at radius 1 is 1.21 bits per heavy atom. The molecule has 0 aliphatic heterocycles. The summed E-state index contributed by atoms with van der Waals surface area (Å²) < 4.78 is 9.37. The number of aromatic nitrogens is 6. The number of nitrogens with zero attached hydrogens (tertiary/aromatic N) is 7. The Kier molecular flexibility index (Phi) is 4.38. The molecule has 12 nitrogen and oxygen atoms in total. The second-order valence-corrected chi connectivity index (χ2v) is 6.87. The summed E-state index contributed by atoms with van der Waals surface area (Å²) in [6.45, 7) is 0.0272. The van der Waals surface area contributed by atoms with Gasteiger partial charge < -0.3 is 4.52 Å². The predicted octanol–water partition coefficient (Wildman–Crippen LogP) is 1.20. The third kappa shape index (κ3) is 3.04. The van der Waals surface area contributed by atoms with E-state index in [1.165, 1.54) is 36.9 Å². The molecule has 13 heteroatoms. The normalized spacial score (nSPS) is 11.3. The van der Waals surface area contributed by atoms with E-state index in [1.54, 1.807) is 10.6 Å². The van der Waals surface area contributed by atoms with Crippen LogP contribution in [0.5, 0.6) is 0 Å². The van der Waals surface area contributed by atoms with Gasteiger partial charge in [0.25, 0.3) is 11.2 Å². The van der Waals surface area contributed by atoms with Crippen molar-refractivity contribution >= 4 is 32.8 Å². The van der Waals surface area contributed by atoms with Crippen LogP contribution in [0.1, 0.15) is 5.89 Å². The monoisotopic (exact) mass is 461 g/mol. The number of benzene rings is 1. The molecule has 4 aromatic rings. The molecule has 29 heavy (non-hydrogen) atoms. The molecule has 0 bridgehead atoms. The van der Waals surface area contributed by atoms with Crippen molar-refractivity contribution in [2.24, 2.45) is 14.1 Å². The van der Waals surface area contributed by atoms with Gasteiger partial charge >= 0.3 is 5.69 Å². The lowest BCUT2D eigenvalue weighted by Gasteiger charge is -2.07. The van der Waals surface area contributed by atoms with Gasteiger partial charge in [0.1, 0.15) is 6.54 Å². The Balaban J connectivity index is 1.77. The first-order chi connectivity index (χ1) is 13.8. The predicted molar refractivity (Wildman–Crippen MR) is 103 cm³/mol. The summed E-state index contributed by atoms with van der Waals surface area (Å²) in [7, 11) is 2.90. The molecule has 0 saturated carbocycles. The van der Waals surface area contributed by atoms with Crippen LogP contribution in [0.25, 0.3) is 22.6 Å². The summed E-state index contributed by atoms with van der Waals surface area (Å²) in [6.07, 6.45) is 0. The third-order valence-electron chi connectivity index (χ3n) is 4.37. The van der Waals surface area contributed by atoms with E-state index in [0.29, 0.717) is 15.9 Å². The van der Waals surface area contributed by atoms with E-state index in [-0.39, 0.29) is 29.5 Å².